The van der Waals surface area contributed by atoms with Crippen molar-refractivity contribution < 1.29 is 43.4 Å². The molecule has 1 atom stereocenters. The average molecular weight is 514 g/mol. The maximum Gasteiger partial charge on any atom is 0.343 e. The van der Waals surface area contributed by atoms with Gasteiger partial charge in [-0.15, -0.1) is 0 Å². The van der Waals surface area contributed by atoms with Gasteiger partial charge in [-0.1, -0.05) is 66.7 Å². The minimum Gasteiger partial charge on any atom is -0.420 e. The molecule has 0 aliphatic heterocycles. The molecule has 0 aromatic heterocycles. The summed E-state index contributed by atoms with van der Waals surface area (Å²) in [5.41, 5.74) is 1.65. The molecular formula is C27H31NO9. The Kier molecular flexibility index (Phi) is 11.8. The zero-order chi connectivity index (χ0) is 26.3. The number of hydrogen-bond donors (Lipinski definition) is 1. The molecule has 0 aliphatic rings. The van der Waals surface area contributed by atoms with Crippen molar-refractivity contribution in [1.29, 1.82) is 0 Å². The number of carbonyl (C=O) groups is 1. The van der Waals surface area contributed by atoms with Gasteiger partial charge in [-0.3, -0.25) is 4.84 Å². The Labute approximate surface area is 215 Å². The highest BCUT2D eigenvalue weighted by Gasteiger charge is 2.34. The van der Waals surface area contributed by atoms with Crippen LogP contribution in [0.5, 0.6) is 17.2 Å². The lowest BCUT2D eigenvalue weighted by Gasteiger charge is -2.25. The van der Waals surface area contributed by atoms with Gasteiger partial charge in [-0.05, 0) is 23.3 Å². The molecule has 3 aromatic carbocycles. The summed E-state index contributed by atoms with van der Waals surface area (Å²) in [7, 11) is 3.07. The highest BCUT2D eigenvalue weighted by Crippen LogP contribution is 2.39. The minimum atomic E-state index is -1.19. The molecule has 10 heteroatoms. The van der Waals surface area contributed by atoms with Crippen LogP contribution in [0.3, 0.4) is 0 Å². The fourth-order valence-electron chi connectivity index (χ4n) is 3.46. The lowest BCUT2D eigenvalue weighted by atomic mass is 9.86. The average Bonchev–Trinajstić information content (AvgIpc) is 2.94. The summed E-state index contributed by atoms with van der Waals surface area (Å²) in [6, 6.07) is 23.5. The van der Waals surface area contributed by atoms with Crippen LogP contribution in [0.4, 0.5) is 0 Å². The molecule has 0 saturated carbocycles. The first kappa shape index (κ1) is 28.1. The van der Waals surface area contributed by atoms with Crippen molar-refractivity contribution in [2.45, 2.75) is 12.0 Å². The Morgan fingerprint density at radius 2 is 1.24 bits per heavy atom. The number of rotatable bonds is 16. The highest BCUT2D eigenvalue weighted by atomic mass is 17.2. The van der Waals surface area contributed by atoms with E-state index in [1.54, 1.807) is 12.1 Å². The second-order valence-corrected chi connectivity index (χ2v) is 7.66. The molecule has 0 amide bonds. The number of esters is 1. The van der Waals surface area contributed by atoms with Crippen molar-refractivity contribution in [2.75, 3.05) is 40.6 Å². The van der Waals surface area contributed by atoms with Crippen LogP contribution in [-0.4, -0.2) is 52.7 Å². The van der Waals surface area contributed by atoms with E-state index in [4.69, 9.17) is 44.5 Å². The van der Waals surface area contributed by atoms with Crippen LogP contribution in [-0.2, 0) is 28.9 Å². The molecule has 0 saturated heterocycles. The first-order chi connectivity index (χ1) is 18.2. The van der Waals surface area contributed by atoms with Crippen molar-refractivity contribution >= 4 is 5.97 Å². The Balaban J connectivity index is 1.88. The molecule has 0 heterocycles. The monoisotopic (exact) mass is 513 g/mol. The maximum absolute atomic E-state index is 13.4. The Morgan fingerprint density at radius 1 is 0.703 bits per heavy atom. The van der Waals surface area contributed by atoms with E-state index in [-0.39, 0.29) is 37.1 Å². The standard InChI is InChI=1S/C27H31NO9/c1-30-16-18-32-36-23-15-9-14-22(25(23)37-33-19-17-31-2)34-27(29)26(35-28)24(20-10-5-3-6-11-20)21-12-7-4-8-13-21/h3-15,24,26H,16-19,28H2,1-2H3. The van der Waals surface area contributed by atoms with Gasteiger partial charge in [0.05, 0.1) is 13.2 Å². The molecule has 3 aromatic rings. The van der Waals surface area contributed by atoms with Crippen LogP contribution < -0.4 is 20.4 Å². The molecule has 10 nitrogen and oxygen atoms in total. The van der Waals surface area contributed by atoms with E-state index in [2.05, 4.69) is 0 Å². The molecule has 0 radical (unpaired) electrons. The fourth-order valence-corrected chi connectivity index (χ4v) is 3.46. The normalized spacial score (nSPS) is 11.8. The Hall–Kier alpha value is -3.51. The van der Waals surface area contributed by atoms with Gasteiger partial charge in [0, 0.05) is 20.1 Å². The molecule has 1 unspecified atom stereocenters. The summed E-state index contributed by atoms with van der Waals surface area (Å²) in [5.74, 6) is 4.47. The van der Waals surface area contributed by atoms with Gasteiger partial charge < -0.3 is 24.0 Å². The van der Waals surface area contributed by atoms with Crippen LogP contribution in [0.2, 0.25) is 0 Å². The molecule has 2 N–H and O–H groups in total. The summed E-state index contributed by atoms with van der Waals surface area (Å²) in [5, 5.41) is 0. The topological polar surface area (TPSA) is 117 Å². The lowest BCUT2D eigenvalue weighted by Crippen LogP contribution is -2.37. The zero-order valence-corrected chi connectivity index (χ0v) is 20.7. The summed E-state index contributed by atoms with van der Waals surface area (Å²) in [6.07, 6.45) is -1.19. The Bertz CT molecular complexity index is 1030. The largest absolute Gasteiger partial charge is 0.420 e. The summed E-state index contributed by atoms with van der Waals surface area (Å²) in [4.78, 5) is 39.7. The number of methoxy groups -OCH3 is 2. The smallest absolute Gasteiger partial charge is 0.343 e. The third-order valence-corrected chi connectivity index (χ3v) is 5.18. The van der Waals surface area contributed by atoms with E-state index in [9.17, 15) is 4.79 Å². The van der Waals surface area contributed by atoms with Gasteiger partial charge in [0.25, 0.3) is 5.75 Å². The SMILES string of the molecule is COCCOOc1cccc(OC(=O)C(ON)C(c2ccccc2)c2ccccc2)c1OOCCOC. The molecule has 0 bridgehead atoms. The van der Waals surface area contributed by atoms with Crippen molar-refractivity contribution in [3.63, 3.8) is 0 Å². The molecular weight excluding hydrogens is 482 g/mol. The van der Waals surface area contributed by atoms with Crippen LogP contribution >= 0.6 is 0 Å². The quantitative estimate of drug-likeness (QED) is 0.100. The maximum atomic E-state index is 13.4. The number of nitrogens with two attached hydrogens (primary N) is 1. The molecule has 198 valence electrons. The summed E-state index contributed by atoms with van der Waals surface area (Å²) < 4.78 is 15.6. The predicted octanol–water partition coefficient (Wildman–Crippen LogP) is 3.60. The molecule has 37 heavy (non-hydrogen) atoms. The van der Waals surface area contributed by atoms with E-state index < -0.39 is 18.0 Å². The van der Waals surface area contributed by atoms with Crippen LogP contribution in [0.1, 0.15) is 17.0 Å². The van der Waals surface area contributed by atoms with Gasteiger partial charge in [0.1, 0.15) is 13.2 Å². The van der Waals surface area contributed by atoms with Gasteiger partial charge >= 0.3 is 5.97 Å². The lowest BCUT2D eigenvalue weighted by molar-refractivity contribution is -0.235. The second kappa shape index (κ2) is 15.6. The van der Waals surface area contributed by atoms with Gasteiger partial charge in [-0.2, -0.15) is 9.78 Å². The van der Waals surface area contributed by atoms with Crippen LogP contribution in [0, 0.1) is 0 Å². The zero-order valence-electron chi connectivity index (χ0n) is 20.7. The van der Waals surface area contributed by atoms with Gasteiger partial charge in [0.15, 0.2) is 11.9 Å². The van der Waals surface area contributed by atoms with Crippen molar-refractivity contribution in [1.82, 2.24) is 0 Å². The summed E-state index contributed by atoms with van der Waals surface area (Å²) in [6.45, 7) is 0.858. The molecule has 3 rings (SSSR count). The first-order valence-electron chi connectivity index (χ1n) is 11.6. The van der Waals surface area contributed by atoms with Crippen LogP contribution in [0.25, 0.3) is 0 Å². The number of benzene rings is 3. The third kappa shape index (κ3) is 8.25. The fraction of sp³-hybridized carbons (Fsp3) is 0.296. The number of hydrogen-bond acceptors (Lipinski definition) is 10. The molecule has 0 aliphatic carbocycles. The van der Waals surface area contributed by atoms with Crippen LogP contribution in [0.15, 0.2) is 78.9 Å². The van der Waals surface area contributed by atoms with Gasteiger partial charge in [0.2, 0.25) is 5.75 Å². The van der Waals surface area contributed by atoms with E-state index in [1.165, 1.54) is 20.3 Å². The van der Waals surface area contributed by atoms with Crippen molar-refractivity contribution in [2.24, 2.45) is 5.90 Å². The van der Waals surface area contributed by atoms with E-state index in [0.717, 1.165) is 11.1 Å². The number of ether oxygens (including phenoxy) is 3. The Morgan fingerprint density at radius 3 is 1.78 bits per heavy atom. The third-order valence-electron chi connectivity index (χ3n) is 5.18. The van der Waals surface area contributed by atoms with Crippen molar-refractivity contribution in [3.8, 4) is 17.2 Å². The predicted molar refractivity (Wildman–Crippen MR) is 133 cm³/mol. The molecule has 0 spiro atoms. The molecule has 0 fully saturated rings. The summed E-state index contributed by atoms with van der Waals surface area (Å²) >= 11 is 0. The highest BCUT2D eigenvalue weighted by molar-refractivity contribution is 5.80. The number of para-hydroxylation sites is 1. The first-order valence-corrected chi connectivity index (χ1v) is 11.6. The minimum absolute atomic E-state index is 0.0113. The van der Waals surface area contributed by atoms with Gasteiger partial charge in [-0.25, -0.2) is 10.7 Å². The van der Waals surface area contributed by atoms with E-state index >= 15 is 0 Å². The van der Waals surface area contributed by atoms with E-state index in [1.807, 2.05) is 60.7 Å². The van der Waals surface area contributed by atoms with E-state index in [0.29, 0.717) is 6.61 Å². The second-order valence-electron chi connectivity index (χ2n) is 7.66. The van der Waals surface area contributed by atoms with Crippen molar-refractivity contribution in [3.05, 3.63) is 90.0 Å². The number of carbonyl (C=O) groups excluding carboxylic acids is 1.